The fraction of sp³-hybridized carbons (Fsp3) is 0.200. The summed E-state index contributed by atoms with van der Waals surface area (Å²) >= 11 is 0. The van der Waals surface area contributed by atoms with Gasteiger partial charge in [0.25, 0.3) is 5.91 Å². The van der Waals surface area contributed by atoms with E-state index < -0.39 is 27.9 Å². The van der Waals surface area contributed by atoms with E-state index in [0.29, 0.717) is 27.6 Å². The second-order valence-electron chi connectivity index (χ2n) is 9.10. The third-order valence-corrected chi connectivity index (χ3v) is 7.69. The van der Waals surface area contributed by atoms with Crippen molar-refractivity contribution >= 4 is 32.6 Å². The number of rotatable bonds is 9. The normalized spacial score (nSPS) is 12.1. The van der Waals surface area contributed by atoms with Gasteiger partial charge in [0, 0.05) is 17.5 Å². The number of carbonyl (C=O) groups is 2. The predicted molar refractivity (Wildman–Crippen MR) is 152 cm³/mol. The minimum absolute atomic E-state index is 0. The molecule has 0 spiro atoms. The number of carbonyl (C=O) groups excluding carboxylic acids is 2. The molecule has 0 saturated heterocycles. The van der Waals surface area contributed by atoms with Gasteiger partial charge in [-0.15, -0.1) is 0 Å². The zero-order chi connectivity index (χ0) is 26.6. The number of hydrogen-bond acceptors (Lipinski definition) is 4. The zero-order valence-corrected chi connectivity index (χ0v) is 21.5. The number of fused-ring (bicyclic) bond motifs is 1. The van der Waals surface area contributed by atoms with Crippen molar-refractivity contribution in [2.45, 2.75) is 38.8 Å². The molecule has 0 radical (unpaired) electrons. The van der Waals surface area contributed by atoms with Crippen LogP contribution < -0.4 is 15.8 Å². The average Bonchev–Trinajstić information content (AvgIpc) is 2.90. The van der Waals surface area contributed by atoms with Crippen LogP contribution in [0, 0.1) is 5.92 Å². The van der Waals surface area contributed by atoms with Crippen molar-refractivity contribution in [1.29, 1.82) is 0 Å². The molecule has 0 unspecified atom stereocenters. The lowest BCUT2D eigenvalue weighted by Crippen LogP contribution is -2.47. The lowest BCUT2D eigenvalue weighted by atomic mass is 9.94. The Balaban J connectivity index is 0.00000400. The molecule has 0 heterocycles. The van der Waals surface area contributed by atoms with E-state index in [9.17, 15) is 18.0 Å². The highest BCUT2D eigenvalue weighted by molar-refractivity contribution is 7.89. The van der Waals surface area contributed by atoms with E-state index in [-0.39, 0.29) is 24.8 Å². The zero-order valence-electron chi connectivity index (χ0n) is 20.6. The molecule has 4 N–H and O–H groups in total. The maximum Gasteiger partial charge on any atom is 0.252 e. The molecule has 2 amide bonds. The Labute approximate surface area is 224 Å². The quantitative estimate of drug-likeness (QED) is 0.286. The molecule has 0 aliphatic rings. The number of hydrogen-bond donors (Lipinski definition) is 3. The number of benzene rings is 4. The second-order valence-corrected chi connectivity index (χ2v) is 10.8. The van der Waals surface area contributed by atoms with Gasteiger partial charge in [-0.25, -0.2) is 13.1 Å². The summed E-state index contributed by atoms with van der Waals surface area (Å²) in [5, 5.41) is 4.21. The standard InChI is InChI=1S/C29H29N3O4S.CH4/c1-19(2)27(28(30)33)32-29(34)25-16-8-7-15-24(25)22-13-5-4-11-21(22)18-31-37(35,36)26-17-9-12-20-10-3-6-14-23(20)26;/h3-17,19,27,31H,18H2,1-2H3,(H2,30,33)(H,32,34);1H4/t27-;/m0./s1. The molecule has 1 atom stereocenters. The molecule has 0 fully saturated rings. The summed E-state index contributed by atoms with van der Waals surface area (Å²) in [4.78, 5) is 25.2. The van der Waals surface area contributed by atoms with Gasteiger partial charge < -0.3 is 11.1 Å². The molecule has 7 nitrogen and oxygen atoms in total. The van der Waals surface area contributed by atoms with E-state index in [4.69, 9.17) is 5.73 Å². The highest BCUT2D eigenvalue weighted by Gasteiger charge is 2.24. The van der Waals surface area contributed by atoms with E-state index in [1.54, 1.807) is 62.4 Å². The Morgan fingerprint density at radius 2 is 1.42 bits per heavy atom. The first-order valence-corrected chi connectivity index (χ1v) is 13.4. The number of primary amides is 1. The molecule has 0 bridgehead atoms. The van der Waals surface area contributed by atoms with Gasteiger partial charge in [-0.1, -0.05) is 100 Å². The summed E-state index contributed by atoms with van der Waals surface area (Å²) in [5.41, 5.74) is 7.86. The van der Waals surface area contributed by atoms with Crippen LogP contribution in [0.2, 0.25) is 0 Å². The van der Waals surface area contributed by atoms with Gasteiger partial charge in [-0.2, -0.15) is 0 Å². The van der Waals surface area contributed by atoms with Crippen LogP contribution in [0.4, 0.5) is 0 Å². The van der Waals surface area contributed by atoms with Crippen molar-refractivity contribution in [2.75, 3.05) is 0 Å². The first-order chi connectivity index (χ1) is 17.7. The van der Waals surface area contributed by atoms with Gasteiger partial charge in [0.15, 0.2) is 0 Å². The lowest BCUT2D eigenvalue weighted by Gasteiger charge is -2.20. The molecule has 0 aliphatic heterocycles. The SMILES string of the molecule is C.CC(C)[C@H](NC(=O)c1ccccc1-c1ccccc1CNS(=O)(=O)c1cccc2ccccc12)C(N)=O. The van der Waals surface area contributed by atoms with Crippen molar-refractivity contribution in [3.63, 3.8) is 0 Å². The smallest absolute Gasteiger partial charge is 0.252 e. The summed E-state index contributed by atoms with van der Waals surface area (Å²) in [5.74, 6) is -1.22. The fourth-order valence-corrected chi connectivity index (χ4v) is 5.55. The molecule has 4 rings (SSSR count). The highest BCUT2D eigenvalue weighted by Crippen LogP contribution is 2.28. The lowest BCUT2D eigenvalue weighted by molar-refractivity contribution is -0.120. The summed E-state index contributed by atoms with van der Waals surface area (Å²) in [6, 6.07) is 26.0. The maximum absolute atomic E-state index is 13.3. The van der Waals surface area contributed by atoms with E-state index in [0.717, 1.165) is 5.39 Å². The fourth-order valence-electron chi connectivity index (χ4n) is 4.32. The van der Waals surface area contributed by atoms with Crippen LogP contribution in [0.1, 0.15) is 37.2 Å². The second kappa shape index (κ2) is 12.0. The molecule has 0 aromatic heterocycles. The molecule has 4 aromatic rings. The third kappa shape index (κ3) is 6.10. The molecule has 0 saturated carbocycles. The van der Waals surface area contributed by atoms with Crippen LogP contribution in [0.15, 0.2) is 95.9 Å². The number of amides is 2. The molecule has 198 valence electrons. The highest BCUT2D eigenvalue weighted by atomic mass is 32.2. The summed E-state index contributed by atoms with van der Waals surface area (Å²) in [6.45, 7) is 3.63. The molecular formula is C30H33N3O4S. The topological polar surface area (TPSA) is 118 Å². The molecule has 0 aliphatic carbocycles. The van der Waals surface area contributed by atoms with Gasteiger partial charge in [0.2, 0.25) is 15.9 Å². The number of nitrogens with two attached hydrogens (primary N) is 1. The van der Waals surface area contributed by atoms with Crippen molar-refractivity contribution in [3.05, 3.63) is 102 Å². The van der Waals surface area contributed by atoms with E-state index in [1.165, 1.54) is 0 Å². The summed E-state index contributed by atoms with van der Waals surface area (Å²) < 4.78 is 29.3. The van der Waals surface area contributed by atoms with E-state index in [1.807, 2.05) is 42.5 Å². The Morgan fingerprint density at radius 1 is 0.816 bits per heavy atom. The largest absolute Gasteiger partial charge is 0.368 e. The van der Waals surface area contributed by atoms with Gasteiger partial charge >= 0.3 is 0 Å². The van der Waals surface area contributed by atoms with Crippen LogP contribution in [0.5, 0.6) is 0 Å². The molecule has 8 heteroatoms. The van der Waals surface area contributed by atoms with E-state index in [2.05, 4.69) is 10.0 Å². The number of sulfonamides is 1. The molecular weight excluding hydrogens is 498 g/mol. The van der Waals surface area contributed by atoms with Crippen LogP contribution in [-0.4, -0.2) is 26.3 Å². The van der Waals surface area contributed by atoms with Gasteiger partial charge in [-0.05, 0) is 40.1 Å². The maximum atomic E-state index is 13.3. The summed E-state index contributed by atoms with van der Waals surface area (Å²) in [7, 11) is -3.83. The Hall–Kier alpha value is -4.01. The first kappa shape index (κ1) is 28.6. The van der Waals surface area contributed by atoms with Gasteiger partial charge in [0.1, 0.15) is 6.04 Å². The van der Waals surface area contributed by atoms with Crippen molar-refractivity contribution in [3.8, 4) is 11.1 Å². The third-order valence-electron chi connectivity index (χ3n) is 6.23. The minimum atomic E-state index is -3.83. The van der Waals surface area contributed by atoms with Gasteiger partial charge in [0.05, 0.1) is 4.90 Å². The van der Waals surface area contributed by atoms with Crippen molar-refractivity contribution < 1.29 is 18.0 Å². The van der Waals surface area contributed by atoms with Crippen LogP contribution >= 0.6 is 0 Å². The van der Waals surface area contributed by atoms with Crippen LogP contribution in [0.25, 0.3) is 21.9 Å². The van der Waals surface area contributed by atoms with Crippen molar-refractivity contribution in [1.82, 2.24) is 10.0 Å². The summed E-state index contributed by atoms with van der Waals surface area (Å²) in [6.07, 6.45) is 0. The first-order valence-electron chi connectivity index (χ1n) is 11.9. The van der Waals surface area contributed by atoms with Gasteiger partial charge in [-0.3, -0.25) is 9.59 Å². The van der Waals surface area contributed by atoms with E-state index >= 15 is 0 Å². The Bertz CT molecular complexity index is 1560. The minimum Gasteiger partial charge on any atom is -0.368 e. The van der Waals surface area contributed by atoms with Crippen LogP contribution in [-0.2, 0) is 21.4 Å². The molecule has 4 aromatic carbocycles. The predicted octanol–water partition coefficient (Wildman–Crippen LogP) is 4.86. The van der Waals surface area contributed by atoms with Crippen LogP contribution in [0.3, 0.4) is 0 Å². The Morgan fingerprint density at radius 3 is 2.13 bits per heavy atom. The monoisotopic (exact) mass is 531 g/mol. The number of nitrogens with one attached hydrogen (secondary N) is 2. The molecule has 38 heavy (non-hydrogen) atoms. The van der Waals surface area contributed by atoms with Crippen molar-refractivity contribution in [2.24, 2.45) is 11.7 Å². The average molecular weight is 532 g/mol. The Kier molecular flexibility index (Phi) is 9.04.